The van der Waals surface area contributed by atoms with Crippen molar-refractivity contribution in [1.82, 2.24) is 19.8 Å². The predicted octanol–water partition coefficient (Wildman–Crippen LogP) is 3.16. The van der Waals surface area contributed by atoms with E-state index in [1.165, 1.54) is 5.57 Å². The fourth-order valence-electron chi connectivity index (χ4n) is 4.88. The Morgan fingerprint density at radius 3 is 2.85 bits per heavy atom. The van der Waals surface area contributed by atoms with Crippen molar-refractivity contribution >= 4 is 35.0 Å². The molecule has 1 spiro atoms. The summed E-state index contributed by atoms with van der Waals surface area (Å²) in [7, 11) is 2.10. The maximum Gasteiger partial charge on any atom is 0.246 e. The van der Waals surface area contributed by atoms with Gasteiger partial charge in [-0.25, -0.2) is 9.97 Å². The van der Waals surface area contributed by atoms with E-state index in [-0.39, 0.29) is 17.2 Å². The number of thiazole rings is 1. The summed E-state index contributed by atoms with van der Waals surface area (Å²) in [5.74, 6) is 0.765. The van der Waals surface area contributed by atoms with Crippen LogP contribution in [0.1, 0.15) is 35.4 Å². The van der Waals surface area contributed by atoms with Crippen LogP contribution in [0.3, 0.4) is 0 Å². The van der Waals surface area contributed by atoms with E-state index in [4.69, 9.17) is 0 Å². The number of carbonyl (C=O) groups excluding carboxylic acids is 2. The fraction of sp³-hybridized carbons (Fsp3) is 0.440. The number of amides is 2. The molecular weight excluding hydrogens is 434 g/mol. The molecule has 0 bridgehead atoms. The zero-order valence-electron chi connectivity index (χ0n) is 18.9. The Hall–Kier alpha value is -2.84. The van der Waals surface area contributed by atoms with Gasteiger partial charge in [0.15, 0.2) is 0 Å². The number of fused-ring (bicyclic) bond motifs is 1. The van der Waals surface area contributed by atoms with Gasteiger partial charge in [-0.1, -0.05) is 11.6 Å². The minimum Gasteiger partial charge on any atom is -0.335 e. The molecule has 172 valence electrons. The smallest absolute Gasteiger partial charge is 0.246 e. The molecule has 1 fully saturated rings. The highest BCUT2D eigenvalue weighted by Gasteiger charge is 2.44. The number of carbonyl (C=O) groups is 2. The molecule has 7 nitrogen and oxygen atoms in total. The second-order valence-corrected chi connectivity index (χ2v) is 10.3. The first kappa shape index (κ1) is 22.0. The summed E-state index contributed by atoms with van der Waals surface area (Å²) in [5.41, 5.74) is 2.96. The van der Waals surface area contributed by atoms with E-state index < -0.39 is 0 Å². The van der Waals surface area contributed by atoms with Gasteiger partial charge in [-0.05, 0) is 69.1 Å². The average molecular weight is 464 g/mol. The predicted molar refractivity (Wildman–Crippen MR) is 130 cm³/mol. The number of aromatic nitrogens is 2. The molecule has 5 heterocycles. The van der Waals surface area contributed by atoms with E-state index in [1.54, 1.807) is 23.6 Å². The van der Waals surface area contributed by atoms with Crippen LogP contribution in [-0.4, -0.2) is 64.8 Å². The molecule has 0 radical (unpaired) electrons. The van der Waals surface area contributed by atoms with Gasteiger partial charge in [0, 0.05) is 43.4 Å². The molecule has 2 aromatic rings. The van der Waals surface area contributed by atoms with E-state index in [9.17, 15) is 9.59 Å². The Morgan fingerprint density at radius 1 is 1.27 bits per heavy atom. The third-order valence-corrected chi connectivity index (χ3v) is 7.85. The first-order chi connectivity index (χ1) is 16.0. The van der Waals surface area contributed by atoms with Gasteiger partial charge in [0.1, 0.15) is 5.82 Å². The molecule has 3 aliphatic heterocycles. The first-order valence-electron chi connectivity index (χ1n) is 11.5. The topological polar surface area (TPSA) is 78.4 Å². The van der Waals surface area contributed by atoms with Gasteiger partial charge in [0.2, 0.25) is 11.8 Å². The molecule has 2 aromatic heterocycles. The molecule has 5 rings (SSSR count). The summed E-state index contributed by atoms with van der Waals surface area (Å²) in [6.07, 6.45) is 13.4. The van der Waals surface area contributed by atoms with Crippen molar-refractivity contribution in [3.8, 4) is 0 Å². The highest BCUT2D eigenvalue weighted by Crippen LogP contribution is 2.40. The molecule has 1 saturated heterocycles. The van der Waals surface area contributed by atoms with Crippen LogP contribution >= 0.6 is 11.3 Å². The molecule has 1 N–H and O–H groups in total. The van der Waals surface area contributed by atoms with Crippen molar-refractivity contribution in [3.05, 3.63) is 57.7 Å². The molecular formula is C25H29N5O2S. The van der Waals surface area contributed by atoms with E-state index in [2.05, 4.69) is 39.4 Å². The number of nitrogens with zero attached hydrogens (tertiary/aromatic N) is 4. The van der Waals surface area contributed by atoms with Gasteiger partial charge in [-0.15, -0.1) is 11.3 Å². The molecule has 0 saturated carbocycles. The molecule has 0 atom stereocenters. The van der Waals surface area contributed by atoms with Gasteiger partial charge in [-0.2, -0.15) is 0 Å². The number of nitrogens with one attached hydrogen (secondary N) is 1. The Balaban J connectivity index is 1.22. The normalized spacial score (nSPS) is 20.6. The summed E-state index contributed by atoms with van der Waals surface area (Å²) >= 11 is 1.67. The Bertz CT molecular complexity index is 1100. The Kier molecular flexibility index (Phi) is 6.12. The molecule has 33 heavy (non-hydrogen) atoms. The monoisotopic (exact) mass is 463 g/mol. The van der Waals surface area contributed by atoms with Crippen LogP contribution in [0.25, 0.3) is 6.08 Å². The summed E-state index contributed by atoms with van der Waals surface area (Å²) in [4.78, 5) is 38.5. The van der Waals surface area contributed by atoms with Crippen LogP contribution in [0.2, 0.25) is 0 Å². The van der Waals surface area contributed by atoms with Gasteiger partial charge in [-0.3, -0.25) is 9.59 Å². The van der Waals surface area contributed by atoms with Gasteiger partial charge >= 0.3 is 0 Å². The van der Waals surface area contributed by atoms with Gasteiger partial charge < -0.3 is 15.1 Å². The van der Waals surface area contributed by atoms with Crippen molar-refractivity contribution in [2.45, 2.75) is 32.1 Å². The van der Waals surface area contributed by atoms with Crippen LogP contribution in [0, 0.1) is 5.41 Å². The van der Waals surface area contributed by atoms with Crippen LogP contribution in [0.4, 0.5) is 5.82 Å². The quantitative estimate of drug-likeness (QED) is 0.557. The zero-order valence-corrected chi connectivity index (χ0v) is 19.7. The number of piperidine rings is 1. The van der Waals surface area contributed by atoms with Crippen molar-refractivity contribution in [3.63, 3.8) is 0 Å². The fourth-order valence-corrected chi connectivity index (χ4v) is 5.55. The molecule has 8 heteroatoms. The van der Waals surface area contributed by atoms with E-state index in [1.807, 2.05) is 22.6 Å². The lowest BCUT2D eigenvalue weighted by atomic mass is 9.71. The largest absolute Gasteiger partial charge is 0.335 e. The van der Waals surface area contributed by atoms with Crippen molar-refractivity contribution < 1.29 is 9.59 Å². The summed E-state index contributed by atoms with van der Waals surface area (Å²) in [6, 6.07) is 2.06. The molecule has 0 aliphatic carbocycles. The third-order valence-electron chi connectivity index (χ3n) is 7.07. The minimum absolute atomic E-state index is 0.0114. The van der Waals surface area contributed by atoms with Crippen molar-refractivity contribution in [2.24, 2.45) is 5.41 Å². The van der Waals surface area contributed by atoms with Crippen LogP contribution < -0.4 is 5.32 Å². The molecule has 2 amide bonds. The van der Waals surface area contributed by atoms with Crippen molar-refractivity contribution in [1.29, 1.82) is 0 Å². The average Bonchev–Trinajstić information content (AvgIpc) is 3.34. The van der Waals surface area contributed by atoms with E-state index >= 15 is 0 Å². The first-order valence-corrected chi connectivity index (χ1v) is 12.4. The van der Waals surface area contributed by atoms with Crippen LogP contribution in [-0.2, 0) is 22.4 Å². The number of rotatable bonds is 4. The Labute approximate surface area is 198 Å². The number of hydrogen-bond acceptors (Lipinski definition) is 6. The number of anilines is 1. The SMILES string of the molecule is CN1CCC2(CC1)Cc1cc(/C=C/C(=O)N3CC=C(Cc4nccs4)CC3)cnc1NC2=O. The van der Waals surface area contributed by atoms with Crippen LogP contribution in [0.15, 0.2) is 41.6 Å². The van der Waals surface area contributed by atoms with Gasteiger partial charge in [0.05, 0.1) is 10.4 Å². The lowest BCUT2D eigenvalue weighted by molar-refractivity contribution is -0.128. The maximum atomic E-state index is 12.8. The zero-order chi connectivity index (χ0) is 22.8. The molecule has 3 aliphatic rings. The number of likely N-dealkylation sites (tertiary alicyclic amines) is 1. The van der Waals surface area contributed by atoms with Crippen LogP contribution in [0.5, 0.6) is 0 Å². The summed E-state index contributed by atoms with van der Waals surface area (Å²) in [6.45, 7) is 3.22. The standard InChI is InChI=1S/C25H29N5O2S/c1-29-11-6-25(7-12-29)16-20-14-19(17-27-23(20)28-24(25)32)2-3-22(31)30-9-4-18(5-10-30)15-21-26-8-13-33-21/h2-4,8,13-14,17H,5-7,9-12,15-16H2,1H3,(H,27,28,32)/b3-2+. The Morgan fingerprint density at radius 2 is 2.12 bits per heavy atom. The lowest BCUT2D eigenvalue weighted by Gasteiger charge is -2.42. The number of pyridine rings is 1. The third kappa shape index (κ3) is 4.77. The van der Waals surface area contributed by atoms with Gasteiger partial charge in [0.25, 0.3) is 0 Å². The van der Waals surface area contributed by atoms with Crippen molar-refractivity contribution in [2.75, 3.05) is 38.5 Å². The second kappa shape index (κ2) is 9.19. The lowest BCUT2D eigenvalue weighted by Crippen LogP contribution is -2.49. The second-order valence-electron chi connectivity index (χ2n) is 9.32. The number of hydrogen-bond donors (Lipinski definition) is 1. The summed E-state index contributed by atoms with van der Waals surface area (Å²) < 4.78 is 0. The minimum atomic E-state index is -0.337. The molecule has 0 aromatic carbocycles. The highest BCUT2D eigenvalue weighted by atomic mass is 32.1. The maximum absolute atomic E-state index is 12.8. The highest BCUT2D eigenvalue weighted by molar-refractivity contribution is 7.09. The van der Waals surface area contributed by atoms with E-state index in [0.29, 0.717) is 18.8 Å². The summed E-state index contributed by atoms with van der Waals surface area (Å²) in [5, 5.41) is 6.14. The van der Waals surface area contributed by atoms with E-state index in [0.717, 1.165) is 61.5 Å². The molecule has 0 unspecified atom stereocenters.